The van der Waals surface area contributed by atoms with E-state index in [2.05, 4.69) is 32.9 Å². The molecule has 0 aliphatic carbocycles. The summed E-state index contributed by atoms with van der Waals surface area (Å²) >= 11 is 4.93. The molecule has 0 spiro atoms. The second kappa shape index (κ2) is 9.07. The van der Waals surface area contributed by atoms with E-state index in [1.165, 1.54) is 0 Å². The van der Waals surface area contributed by atoms with Gasteiger partial charge in [0.25, 0.3) is 0 Å². The molecule has 0 aromatic carbocycles. The highest BCUT2D eigenvalue weighted by Gasteiger charge is 2.11. The first kappa shape index (κ1) is 17.1. The lowest BCUT2D eigenvalue weighted by Crippen LogP contribution is -2.26. The largest absolute Gasteiger partial charge is 0.317 e. The van der Waals surface area contributed by atoms with E-state index in [9.17, 15) is 8.42 Å². The first-order chi connectivity index (χ1) is 9.05. The van der Waals surface area contributed by atoms with E-state index in [1.807, 2.05) is 11.4 Å². The summed E-state index contributed by atoms with van der Waals surface area (Å²) in [7, 11) is -3.16. The normalized spacial score (nSPS) is 11.9. The number of thiophene rings is 1. The van der Waals surface area contributed by atoms with Gasteiger partial charge in [0, 0.05) is 15.9 Å². The summed E-state index contributed by atoms with van der Waals surface area (Å²) in [6.45, 7) is 4.37. The van der Waals surface area contributed by atoms with E-state index in [1.54, 1.807) is 11.3 Å². The van der Waals surface area contributed by atoms with Gasteiger partial charge in [-0.15, -0.1) is 11.3 Å². The van der Waals surface area contributed by atoms with E-state index in [0.717, 1.165) is 35.3 Å². The van der Waals surface area contributed by atoms with Gasteiger partial charge in [-0.05, 0) is 59.7 Å². The molecule has 2 N–H and O–H groups in total. The van der Waals surface area contributed by atoms with E-state index in [-0.39, 0.29) is 5.75 Å². The van der Waals surface area contributed by atoms with Crippen molar-refractivity contribution >= 4 is 37.3 Å². The lowest BCUT2D eigenvalue weighted by Gasteiger charge is -2.06. The highest BCUT2D eigenvalue weighted by molar-refractivity contribution is 9.10. The third kappa shape index (κ3) is 7.41. The molecule has 0 saturated carbocycles. The van der Waals surface area contributed by atoms with Crippen LogP contribution in [0.25, 0.3) is 0 Å². The summed E-state index contributed by atoms with van der Waals surface area (Å²) in [6, 6.07) is 1.92. The Morgan fingerprint density at radius 1 is 1.32 bits per heavy atom. The van der Waals surface area contributed by atoms with Gasteiger partial charge in [0.05, 0.1) is 5.75 Å². The topological polar surface area (TPSA) is 58.2 Å². The van der Waals surface area contributed by atoms with E-state index in [0.29, 0.717) is 13.0 Å². The fourth-order valence-electron chi connectivity index (χ4n) is 1.54. The van der Waals surface area contributed by atoms with Crippen LogP contribution < -0.4 is 10.0 Å². The molecule has 0 aliphatic heterocycles. The van der Waals surface area contributed by atoms with Crippen LogP contribution in [0.4, 0.5) is 0 Å². The van der Waals surface area contributed by atoms with Crippen molar-refractivity contribution < 1.29 is 8.42 Å². The molecule has 110 valence electrons. The highest BCUT2D eigenvalue weighted by atomic mass is 79.9. The molecule has 4 nitrogen and oxygen atoms in total. The second-order valence-corrected chi connectivity index (χ2v) is 8.07. The lowest BCUT2D eigenvalue weighted by atomic mass is 10.3. The van der Waals surface area contributed by atoms with Crippen LogP contribution in [0.15, 0.2) is 15.9 Å². The molecule has 0 radical (unpaired) electrons. The number of hydrogen-bond donors (Lipinski definition) is 2. The monoisotopic (exact) mass is 368 g/mol. The SMILES string of the molecule is CCCNCCCCS(=O)(=O)NCc1sccc1Br. The van der Waals surface area contributed by atoms with Gasteiger partial charge in [-0.25, -0.2) is 13.1 Å². The van der Waals surface area contributed by atoms with Crippen molar-refractivity contribution in [2.75, 3.05) is 18.8 Å². The Bertz CT molecular complexity index is 460. The van der Waals surface area contributed by atoms with Crippen LogP contribution in [0.1, 0.15) is 31.1 Å². The van der Waals surface area contributed by atoms with Gasteiger partial charge >= 0.3 is 0 Å². The summed E-state index contributed by atoms with van der Waals surface area (Å²) < 4.78 is 27.2. The maximum atomic E-state index is 11.8. The number of rotatable bonds is 10. The van der Waals surface area contributed by atoms with Crippen molar-refractivity contribution in [3.63, 3.8) is 0 Å². The predicted molar refractivity (Wildman–Crippen MR) is 85.0 cm³/mol. The second-order valence-electron chi connectivity index (χ2n) is 4.29. The predicted octanol–water partition coefficient (Wildman–Crippen LogP) is 2.71. The molecule has 19 heavy (non-hydrogen) atoms. The van der Waals surface area contributed by atoms with Gasteiger partial charge in [0.15, 0.2) is 0 Å². The van der Waals surface area contributed by atoms with Crippen molar-refractivity contribution in [1.29, 1.82) is 0 Å². The minimum Gasteiger partial charge on any atom is -0.317 e. The van der Waals surface area contributed by atoms with Crippen molar-refractivity contribution in [3.05, 3.63) is 20.8 Å². The molecule has 0 atom stereocenters. The quantitative estimate of drug-likeness (QED) is 0.624. The zero-order chi connectivity index (χ0) is 14.1. The fourth-order valence-corrected chi connectivity index (χ4v) is 4.16. The lowest BCUT2D eigenvalue weighted by molar-refractivity contribution is 0.573. The third-order valence-electron chi connectivity index (χ3n) is 2.59. The molecule has 0 aliphatic rings. The molecule has 7 heteroatoms. The molecule has 0 fully saturated rings. The standard InChI is InChI=1S/C12H21BrN2O2S2/c1-2-6-14-7-3-4-9-19(16,17)15-10-12-11(13)5-8-18-12/h5,8,14-15H,2-4,6-7,9-10H2,1H3. The van der Waals surface area contributed by atoms with Gasteiger partial charge < -0.3 is 5.32 Å². The fraction of sp³-hybridized carbons (Fsp3) is 0.667. The molecule has 0 unspecified atom stereocenters. The Labute approximate surface area is 128 Å². The summed E-state index contributed by atoms with van der Waals surface area (Å²) in [5, 5.41) is 5.20. The van der Waals surface area contributed by atoms with E-state index in [4.69, 9.17) is 0 Å². The summed E-state index contributed by atoms with van der Waals surface area (Å²) in [5.41, 5.74) is 0. The Kier molecular flexibility index (Phi) is 8.17. The molecule has 0 saturated heterocycles. The first-order valence-corrected chi connectivity index (χ1v) is 9.77. The molecular formula is C12H21BrN2O2S2. The zero-order valence-corrected chi connectivity index (χ0v) is 14.3. The molecule has 0 bridgehead atoms. The van der Waals surface area contributed by atoms with Crippen molar-refractivity contribution in [1.82, 2.24) is 10.0 Å². The Morgan fingerprint density at radius 3 is 2.74 bits per heavy atom. The van der Waals surface area contributed by atoms with Gasteiger partial charge in [0.2, 0.25) is 10.0 Å². The molecular weight excluding hydrogens is 348 g/mol. The van der Waals surface area contributed by atoms with Crippen molar-refractivity contribution in [3.8, 4) is 0 Å². The van der Waals surface area contributed by atoms with Crippen LogP contribution in [0.3, 0.4) is 0 Å². The minimum absolute atomic E-state index is 0.198. The maximum absolute atomic E-state index is 11.8. The number of hydrogen-bond acceptors (Lipinski definition) is 4. The Morgan fingerprint density at radius 2 is 2.11 bits per heavy atom. The third-order valence-corrected chi connectivity index (χ3v) is 5.92. The maximum Gasteiger partial charge on any atom is 0.211 e. The summed E-state index contributed by atoms with van der Waals surface area (Å²) in [4.78, 5) is 1.01. The van der Waals surface area contributed by atoms with Crippen molar-refractivity contribution in [2.45, 2.75) is 32.7 Å². The number of sulfonamides is 1. The molecule has 1 aromatic rings. The van der Waals surface area contributed by atoms with Crippen molar-refractivity contribution in [2.24, 2.45) is 0 Å². The average molecular weight is 369 g/mol. The molecule has 1 heterocycles. The highest BCUT2D eigenvalue weighted by Crippen LogP contribution is 2.22. The Balaban J connectivity index is 2.19. The summed E-state index contributed by atoms with van der Waals surface area (Å²) in [6.07, 6.45) is 2.69. The van der Waals surface area contributed by atoms with Crippen LogP contribution in [-0.2, 0) is 16.6 Å². The van der Waals surface area contributed by atoms with Crippen LogP contribution in [-0.4, -0.2) is 27.3 Å². The first-order valence-electron chi connectivity index (χ1n) is 6.45. The van der Waals surface area contributed by atoms with Crippen LogP contribution in [0.2, 0.25) is 0 Å². The van der Waals surface area contributed by atoms with Gasteiger partial charge in [0.1, 0.15) is 0 Å². The number of halogens is 1. The van der Waals surface area contributed by atoms with E-state index < -0.39 is 10.0 Å². The summed E-state index contributed by atoms with van der Waals surface area (Å²) in [5.74, 6) is 0.198. The van der Waals surface area contributed by atoms with Gasteiger partial charge in [-0.1, -0.05) is 6.92 Å². The smallest absolute Gasteiger partial charge is 0.211 e. The van der Waals surface area contributed by atoms with Crippen LogP contribution >= 0.6 is 27.3 Å². The van der Waals surface area contributed by atoms with Gasteiger partial charge in [-0.3, -0.25) is 0 Å². The van der Waals surface area contributed by atoms with Gasteiger partial charge in [-0.2, -0.15) is 0 Å². The molecule has 1 rings (SSSR count). The molecule has 1 aromatic heterocycles. The van der Waals surface area contributed by atoms with Crippen LogP contribution in [0.5, 0.6) is 0 Å². The minimum atomic E-state index is -3.16. The van der Waals surface area contributed by atoms with Crippen LogP contribution in [0, 0.1) is 0 Å². The zero-order valence-electron chi connectivity index (χ0n) is 11.1. The average Bonchev–Trinajstić information content (AvgIpc) is 2.77. The Hall–Kier alpha value is 0.0500. The molecule has 0 amide bonds. The number of nitrogens with one attached hydrogen (secondary N) is 2. The number of unbranched alkanes of at least 4 members (excludes halogenated alkanes) is 1. The van der Waals surface area contributed by atoms with E-state index >= 15 is 0 Å².